The Bertz CT molecular complexity index is 650. The Morgan fingerprint density at radius 2 is 1.74 bits per heavy atom. The van der Waals surface area contributed by atoms with E-state index in [-0.39, 0.29) is 0 Å². The summed E-state index contributed by atoms with van der Waals surface area (Å²) < 4.78 is 5.83. The van der Waals surface area contributed by atoms with Gasteiger partial charge in [-0.15, -0.1) is 0 Å². The SMILES string of the molecule is [c]1ccc(Oc2ccccn2)c(-c2ccccc2)c1. The number of nitrogens with zero attached hydrogens (tertiary/aromatic N) is 1. The molecule has 0 atom stereocenters. The summed E-state index contributed by atoms with van der Waals surface area (Å²) in [5, 5.41) is 0. The van der Waals surface area contributed by atoms with Crippen molar-refractivity contribution in [1.29, 1.82) is 0 Å². The van der Waals surface area contributed by atoms with E-state index in [0.29, 0.717) is 5.88 Å². The van der Waals surface area contributed by atoms with E-state index in [1.165, 1.54) is 0 Å². The first-order valence-electron chi connectivity index (χ1n) is 6.08. The fourth-order valence-corrected chi connectivity index (χ4v) is 1.87. The number of ether oxygens (including phenoxy) is 1. The Morgan fingerprint density at radius 1 is 0.895 bits per heavy atom. The third-order valence-electron chi connectivity index (χ3n) is 2.76. The molecule has 0 aliphatic heterocycles. The Morgan fingerprint density at radius 3 is 2.53 bits per heavy atom. The molecule has 19 heavy (non-hydrogen) atoms. The Labute approximate surface area is 112 Å². The van der Waals surface area contributed by atoms with Crippen LogP contribution in [0.5, 0.6) is 11.6 Å². The molecule has 0 aliphatic carbocycles. The largest absolute Gasteiger partial charge is 0.438 e. The summed E-state index contributed by atoms with van der Waals surface area (Å²) in [4.78, 5) is 4.18. The van der Waals surface area contributed by atoms with E-state index in [1.807, 2.05) is 54.6 Å². The minimum absolute atomic E-state index is 0.589. The lowest BCUT2D eigenvalue weighted by molar-refractivity contribution is 0.464. The van der Waals surface area contributed by atoms with Crippen LogP contribution in [0.15, 0.2) is 72.9 Å². The maximum absolute atomic E-state index is 5.83. The van der Waals surface area contributed by atoms with Gasteiger partial charge in [-0.2, -0.15) is 0 Å². The van der Waals surface area contributed by atoms with E-state index < -0.39 is 0 Å². The second-order valence-electron chi connectivity index (χ2n) is 4.06. The third kappa shape index (κ3) is 2.63. The van der Waals surface area contributed by atoms with Crippen molar-refractivity contribution < 1.29 is 4.74 Å². The summed E-state index contributed by atoms with van der Waals surface area (Å²) in [7, 11) is 0. The summed E-state index contributed by atoms with van der Waals surface area (Å²) >= 11 is 0. The minimum atomic E-state index is 0.589. The van der Waals surface area contributed by atoms with E-state index in [0.717, 1.165) is 16.9 Å². The molecule has 1 aromatic heterocycles. The third-order valence-corrected chi connectivity index (χ3v) is 2.76. The molecule has 91 valence electrons. The summed E-state index contributed by atoms with van der Waals surface area (Å²) in [6.45, 7) is 0. The predicted octanol–water partition coefficient (Wildman–Crippen LogP) is 4.34. The molecule has 0 N–H and O–H groups in total. The predicted molar refractivity (Wildman–Crippen MR) is 75.0 cm³/mol. The van der Waals surface area contributed by atoms with Crippen molar-refractivity contribution in [3.8, 4) is 22.8 Å². The van der Waals surface area contributed by atoms with E-state index in [9.17, 15) is 0 Å². The van der Waals surface area contributed by atoms with Gasteiger partial charge in [-0.25, -0.2) is 4.98 Å². The molecular formula is C17H12NO. The molecule has 2 heteroatoms. The molecule has 3 aromatic rings. The highest BCUT2D eigenvalue weighted by atomic mass is 16.5. The summed E-state index contributed by atoms with van der Waals surface area (Å²) in [6, 6.07) is 24.5. The monoisotopic (exact) mass is 246 g/mol. The molecule has 2 nitrogen and oxygen atoms in total. The van der Waals surface area contributed by atoms with Gasteiger partial charge in [-0.05, 0) is 29.8 Å². The van der Waals surface area contributed by atoms with Crippen LogP contribution in [0.1, 0.15) is 0 Å². The van der Waals surface area contributed by atoms with Crippen LogP contribution in [0.25, 0.3) is 11.1 Å². The number of hydrogen-bond donors (Lipinski definition) is 0. The number of rotatable bonds is 3. The lowest BCUT2D eigenvalue weighted by Crippen LogP contribution is -1.89. The van der Waals surface area contributed by atoms with E-state index in [2.05, 4.69) is 23.2 Å². The van der Waals surface area contributed by atoms with E-state index >= 15 is 0 Å². The van der Waals surface area contributed by atoms with Gasteiger partial charge in [0.15, 0.2) is 0 Å². The second-order valence-corrected chi connectivity index (χ2v) is 4.06. The van der Waals surface area contributed by atoms with Gasteiger partial charge < -0.3 is 4.74 Å². The average Bonchev–Trinajstić information content (AvgIpc) is 2.50. The molecule has 2 aromatic carbocycles. The molecule has 0 saturated heterocycles. The first kappa shape index (κ1) is 11.5. The zero-order chi connectivity index (χ0) is 12.9. The average molecular weight is 246 g/mol. The lowest BCUT2D eigenvalue weighted by Gasteiger charge is -2.10. The van der Waals surface area contributed by atoms with Crippen LogP contribution in [-0.2, 0) is 0 Å². The van der Waals surface area contributed by atoms with Crippen molar-refractivity contribution in [3.63, 3.8) is 0 Å². The van der Waals surface area contributed by atoms with E-state index in [1.54, 1.807) is 6.20 Å². The number of benzene rings is 2. The van der Waals surface area contributed by atoms with Gasteiger partial charge >= 0.3 is 0 Å². The standard InChI is InChI=1S/C17H12NO/c1-2-8-14(9-3-1)15-10-4-5-11-16(15)19-17-12-6-7-13-18-17/h1-3,5-13H. The molecule has 0 spiro atoms. The topological polar surface area (TPSA) is 22.1 Å². The molecule has 1 heterocycles. The Balaban J connectivity index is 1.99. The van der Waals surface area contributed by atoms with Crippen LogP contribution >= 0.6 is 0 Å². The van der Waals surface area contributed by atoms with Gasteiger partial charge in [-0.3, -0.25) is 0 Å². The van der Waals surface area contributed by atoms with Crippen molar-refractivity contribution in [2.75, 3.05) is 0 Å². The first-order valence-corrected chi connectivity index (χ1v) is 6.08. The number of aromatic nitrogens is 1. The van der Waals surface area contributed by atoms with Gasteiger partial charge in [-0.1, -0.05) is 42.5 Å². The van der Waals surface area contributed by atoms with Crippen molar-refractivity contribution >= 4 is 0 Å². The number of pyridine rings is 1. The normalized spacial score (nSPS) is 10.1. The molecule has 0 saturated carbocycles. The van der Waals surface area contributed by atoms with Gasteiger partial charge in [0, 0.05) is 17.8 Å². The quantitative estimate of drug-likeness (QED) is 0.685. The Kier molecular flexibility index (Phi) is 3.24. The maximum atomic E-state index is 5.83. The fraction of sp³-hybridized carbons (Fsp3) is 0. The highest BCUT2D eigenvalue weighted by Gasteiger charge is 2.06. The molecule has 3 rings (SSSR count). The van der Waals surface area contributed by atoms with Crippen molar-refractivity contribution in [3.05, 3.63) is 79.0 Å². The molecule has 0 aliphatic rings. The first-order chi connectivity index (χ1) is 9.43. The molecule has 0 amide bonds. The highest BCUT2D eigenvalue weighted by molar-refractivity contribution is 5.70. The maximum Gasteiger partial charge on any atom is 0.219 e. The van der Waals surface area contributed by atoms with Crippen LogP contribution in [0.4, 0.5) is 0 Å². The zero-order valence-electron chi connectivity index (χ0n) is 10.3. The second kappa shape index (κ2) is 5.36. The zero-order valence-corrected chi connectivity index (χ0v) is 10.3. The van der Waals surface area contributed by atoms with Crippen LogP contribution in [0, 0.1) is 6.07 Å². The molecular weight excluding hydrogens is 234 g/mol. The smallest absolute Gasteiger partial charge is 0.219 e. The van der Waals surface area contributed by atoms with Crippen molar-refractivity contribution in [2.45, 2.75) is 0 Å². The van der Waals surface area contributed by atoms with Crippen molar-refractivity contribution in [2.24, 2.45) is 0 Å². The van der Waals surface area contributed by atoms with Crippen LogP contribution in [-0.4, -0.2) is 4.98 Å². The molecule has 1 radical (unpaired) electrons. The summed E-state index contributed by atoms with van der Waals surface area (Å²) in [5.41, 5.74) is 2.11. The van der Waals surface area contributed by atoms with Crippen LogP contribution in [0.3, 0.4) is 0 Å². The van der Waals surface area contributed by atoms with Gasteiger partial charge in [0.2, 0.25) is 5.88 Å². The van der Waals surface area contributed by atoms with Crippen LogP contribution < -0.4 is 4.74 Å². The minimum Gasteiger partial charge on any atom is -0.438 e. The summed E-state index contributed by atoms with van der Waals surface area (Å²) in [5.74, 6) is 1.37. The van der Waals surface area contributed by atoms with E-state index in [4.69, 9.17) is 4.74 Å². The van der Waals surface area contributed by atoms with Crippen molar-refractivity contribution in [1.82, 2.24) is 4.98 Å². The summed E-state index contributed by atoms with van der Waals surface area (Å²) in [6.07, 6.45) is 1.71. The highest BCUT2D eigenvalue weighted by Crippen LogP contribution is 2.31. The van der Waals surface area contributed by atoms with Gasteiger partial charge in [0.05, 0.1) is 0 Å². The Hall–Kier alpha value is -2.61. The fourth-order valence-electron chi connectivity index (χ4n) is 1.87. The molecule has 0 bridgehead atoms. The lowest BCUT2D eigenvalue weighted by atomic mass is 10.1. The molecule has 0 unspecified atom stereocenters. The van der Waals surface area contributed by atoms with Gasteiger partial charge in [0.25, 0.3) is 0 Å². The van der Waals surface area contributed by atoms with Crippen LogP contribution in [0.2, 0.25) is 0 Å². The molecule has 0 fully saturated rings. The number of hydrogen-bond acceptors (Lipinski definition) is 2. The van der Waals surface area contributed by atoms with Gasteiger partial charge in [0.1, 0.15) is 5.75 Å².